The maximum atomic E-state index is 6.41. The molecule has 1 aliphatic heterocycles. The van der Waals surface area contributed by atoms with Crippen LogP contribution in [0.5, 0.6) is 0 Å². The summed E-state index contributed by atoms with van der Waals surface area (Å²) >= 11 is 14.3. The zero-order valence-corrected chi connectivity index (χ0v) is 13.8. The van der Waals surface area contributed by atoms with Gasteiger partial charge in [-0.15, -0.1) is 11.3 Å². The van der Waals surface area contributed by atoms with Crippen LogP contribution in [0.4, 0.5) is 0 Å². The molecule has 0 saturated heterocycles. The predicted molar refractivity (Wildman–Crippen MR) is 90.2 cm³/mol. The van der Waals surface area contributed by atoms with Crippen molar-refractivity contribution in [3.63, 3.8) is 0 Å². The van der Waals surface area contributed by atoms with Crippen molar-refractivity contribution in [1.29, 1.82) is 0 Å². The average Bonchev–Trinajstić information content (AvgIpc) is 3.06. The summed E-state index contributed by atoms with van der Waals surface area (Å²) in [6, 6.07) is 9.82. The molecular formula is C15H15Cl2N3S. The first-order chi connectivity index (χ1) is 10.0. The molecule has 0 bridgehead atoms. The van der Waals surface area contributed by atoms with E-state index in [1.807, 2.05) is 18.2 Å². The zero-order valence-electron chi connectivity index (χ0n) is 11.5. The van der Waals surface area contributed by atoms with Crippen molar-refractivity contribution in [2.45, 2.75) is 19.0 Å². The van der Waals surface area contributed by atoms with E-state index in [9.17, 15) is 0 Å². The fraction of sp³-hybridized carbons (Fsp3) is 0.267. The molecule has 1 unspecified atom stereocenters. The van der Waals surface area contributed by atoms with Crippen molar-refractivity contribution in [2.75, 3.05) is 6.54 Å². The number of benzene rings is 1. The topological polar surface area (TPSA) is 41.6 Å². The van der Waals surface area contributed by atoms with Crippen LogP contribution in [-0.2, 0) is 12.1 Å². The molecule has 21 heavy (non-hydrogen) atoms. The van der Waals surface area contributed by atoms with Gasteiger partial charge in [-0.1, -0.05) is 41.4 Å². The van der Waals surface area contributed by atoms with E-state index in [1.54, 1.807) is 17.4 Å². The van der Waals surface area contributed by atoms with E-state index in [0.29, 0.717) is 29.1 Å². The molecule has 0 saturated carbocycles. The lowest BCUT2D eigenvalue weighted by Crippen LogP contribution is -2.46. The van der Waals surface area contributed by atoms with Gasteiger partial charge in [-0.3, -0.25) is 4.99 Å². The van der Waals surface area contributed by atoms with E-state index in [2.05, 4.69) is 28.3 Å². The van der Waals surface area contributed by atoms with Crippen LogP contribution < -0.4 is 5.73 Å². The summed E-state index contributed by atoms with van der Waals surface area (Å²) in [5.41, 5.74) is 6.68. The minimum atomic E-state index is -0.379. The quantitative estimate of drug-likeness (QED) is 0.914. The highest BCUT2D eigenvalue weighted by Crippen LogP contribution is 2.40. The van der Waals surface area contributed by atoms with Gasteiger partial charge < -0.3 is 10.6 Å². The normalized spacial score (nSPS) is 21.7. The highest BCUT2D eigenvalue weighted by Gasteiger charge is 2.41. The Kier molecular flexibility index (Phi) is 3.86. The van der Waals surface area contributed by atoms with Crippen LogP contribution in [0.15, 0.2) is 40.7 Å². The number of nitrogens with two attached hydrogens (primary N) is 1. The van der Waals surface area contributed by atoms with E-state index < -0.39 is 0 Å². The Bertz CT molecular complexity index is 684. The van der Waals surface area contributed by atoms with E-state index in [4.69, 9.17) is 28.9 Å². The van der Waals surface area contributed by atoms with Crippen molar-refractivity contribution in [2.24, 2.45) is 10.7 Å². The second-order valence-electron chi connectivity index (χ2n) is 5.22. The van der Waals surface area contributed by atoms with Gasteiger partial charge in [0.1, 0.15) is 0 Å². The Labute approximate surface area is 138 Å². The third kappa shape index (κ3) is 2.52. The summed E-state index contributed by atoms with van der Waals surface area (Å²) in [7, 11) is 0. The van der Waals surface area contributed by atoms with Crippen LogP contribution in [-0.4, -0.2) is 17.4 Å². The summed E-state index contributed by atoms with van der Waals surface area (Å²) in [5.74, 6) is 0.543. The van der Waals surface area contributed by atoms with Gasteiger partial charge in [-0.2, -0.15) is 0 Å². The van der Waals surface area contributed by atoms with E-state index in [0.717, 1.165) is 5.56 Å². The highest BCUT2D eigenvalue weighted by atomic mass is 35.5. The van der Waals surface area contributed by atoms with E-state index in [-0.39, 0.29) is 5.54 Å². The Balaban J connectivity index is 2.00. The standard InChI is InChI=1S/C15H15Cl2N3S/c1-15(11-5-2-6-12(16)13(11)17)9-19-14(18)20(15)8-10-4-3-7-21-10/h2-7H,8-9H2,1H3,(H2,18,19). The first-order valence-electron chi connectivity index (χ1n) is 6.57. The molecule has 1 aromatic carbocycles. The average molecular weight is 340 g/mol. The van der Waals surface area contributed by atoms with Crippen molar-refractivity contribution >= 4 is 40.5 Å². The highest BCUT2D eigenvalue weighted by molar-refractivity contribution is 7.09. The molecule has 0 amide bonds. The molecule has 1 aromatic heterocycles. The monoisotopic (exact) mass is 339 g/mol. The Morgan fingerprint density at radius 1 is 1.33 bits per heavy atom. The van der Waals surface area contributed by atoms with Gasteiger partial charge in [-0.25, -0.2) is 0 Å². The summed E-state index contributed by atoms with van der Waals surface area (Å²) in [6.45, 7) is 3.39. The van der Waals surface area contributed by atoms with Gasteiger partial charge >= 0.3 is 0 Å². The number of rotatable bonds is 3. The van der Waals surface area contributed by atoms with Gasteiger partial charge in [0.25, 0.3) is 0 Å². The molecule has 1 aliphatic rings. The number of guanidine groups is 1. The lowest BCUT2D eigenvalue weighted by molar-refractivity contribution is 0.219. The number of hydrogen-bond donors (Lipinski definition) is 1. The van der Waals surface area contributed by atoms with Crippen LogP contribution in [0, 0.1) is 0 Å². The number of nitrogens with zero attached hydrogens (tertiary/aromatic N) is 2. The third-order valence-electron chi connectivity index (χ3n) is 3.85. The first kappa shape index (κ1) is 14.7. The molecule has 0 aliphatic carbocycles. The molecule has 2 N–H and O–H groups in total. The molecule has 0 radical (unpaired) electrons. The van der Waals surface area contributed by atoms with Crippen LogP contribution in [0.3, 0.4) is 0 Å². The zero-order chi connectivity index (χ0) is 15.0. The van der Waals surface area contributed by atoms with E-state index >= 15 is 0 Å². The van der Waals surface area contributed by atoms with Gasteiger partial charge in [0, 0.05) is 4.88 Å². The second kappa shape index (κ2) is 5.52. The van der Waals surface area contributed by atoms with Gasteiger partial charge in [0.15, 0.2) is 5.96 Å². The summed E-state index contributed by atoms with van der Waals surface area (Å²) in [6.07, 6.45) is 0. The number of aliphatic imine (C=N–C) groups is 1. The first-order valence-corrected chi connectivity index (χ1v) is 8.20. The molecule has 1 atom stereocenters. The molecular weight excluding hydrogens is 325 g/mol. The largest absolute Gasteiger partial charge is 0.370 e. The minimum absolute atomic E-state index is 0.379. The molecule has 3 nitrogen and oxygen atoms in total. The Hall–Kier alpha value is -1.23. The molecule has 0 fully saturated rings. The Morgan fingerprint density at radius 2 is 2.14 bits per heavy atom. The predicted octanol–water partition coefficient (Wildman–Crippen LogP) is 4.10. The van der Waals surface area contributed by atoms with Crippen LogP contribution in [0.2, 0.25) is 10.0 Å². The van der Waals surface area contributed by atoms with Crippen molar-refractivity contribution < 1.29 is 0 Å². The third-order valence-corrected chi connectivity index (χ3v) is 5.53. The maximum absolute atomic E-state index is 6.41. The maximum Gasteiger partial charge on any atom is 0.192 e. The molecule has 3 rings (SSSR count). The van der Waals surface area contributed by atoms with Crippen molar-refractivity contribution in [1.82, 2.24) is 4.90 Å². The number of halogens is 2. The van der Waals surface area contributed by atoms with Crippen LogP contribution in [0.1, 0.15) is 17.4 Å². The fourth-order valence-electron chi connectivity index (χ4n) is 2.62. The molecule has 2 aromatic rings. The lowest BCUT2D eigenvalue weighted by Gasteiger charge is -2.37. The lowest BCUT2D eigenvalue weighted by atomic mass is 9.91. The molecule has 110 valence electrons. The number of thiophene rings is 1. The van der Waals surface area contributed by atoms with Gasteiger partial charge in [0.05, 0.1) is 28.7 Å². The van der Waals surface area contributed by atoms with Gasteiger partial charge in [-0.05, 0) is 30.0 Å². The SMILES string of the molecule is CC1(c2cccc(Cl)c2Cl)CN=C(N)N1Cc1cccs1. The smallest absolute Gasteiger partial charge is 0.192 e. The summed E-state index contributed by atoms with van der Waals surface area (Å²) < 4.78 is 0. The van der Waals surface area contributed by atoms with Crippen LogP contribution >= 0.6 is 34.5 Å². The molecule has 2 heterocycles. The fourth-order valence-corrected chi connectivity index (χ4v) is 3.82. The van der Waals surface area contributed by atoms with Crippen molar-refractivity contribution in [3.05, 3.63) is 56.2 Å². The number of hydrogen-bond acceptors (Lipinski definition) is 4. The van der Waals surface area contributed by atoms with Crippen LogP contribution in [0.25, 0.3) is 0 Å². The van der Waals surface area contributed by atoms with Gasteiger partial charge in [0.2, 0.25) is 0 Å². The minimum Gasteiger partial charge on any atom is -0.370 e. The Morgan fingerprint density at radius 3 is 2.86 bits per heavy atom. The summed E-state index contributed by atoms with van der Waals surface area (Å²) in [4.78, 5) is 7.75. The molecule has 6 heteroatoms. The molecule has 0 spiro atoms. The van der Waals surface area contributed by atoms with E-state index in [1.165, 1.54) is 4.88 Å². The second-order valence-corrected chi connectivity index (χ2v) is 7.03. The summed E-state index contributed by atoms with van der Waals surface area (Å²) in [5, 5.41) is 3.18. The van der Waals surface area contributed by atoms with Crippen molar-refractivity contribution in [3.8, 4) is 0 Å².